The first kappa shape index (κ1) is 13.0. The Hall–Kier alpha value is -0.970. The predicted octanol–water partition coefficient (Wildman–Crippen LogP) is 3.25. The molecule has 1 aromatic carbocycles. The highest BCUT2D eigenvalue weighted by atomic mass is 32.1. The molecule has 1 atom stereocenters. The van der Waals surface area contributed by atoms with Gasteiger partial charge >= 0.3 is 0 Å². The normalized spacial score (nSPS) is 18.8. The van der Waals surface area contributed by atoms with E-state index in [2.05, 4.69) is 23.6 Å². The minimum absolute atomic E-state index is 0.376. The molecule has 0 spiro atoms. The summed E-state index contributed by atoms with van der Waals surface area (Å²) in [6.07, 6.45) is 7.65. The van der Waals surface area contributed by atoms with E-state index in [1.165, 1.54) is 41.8 Å². The Bertz CT molecular complexity index is 498. The van der Waals surface area contributed by atoms with E-state index in [1.807, 2.05) is 6.07 Å². The Labute approximate surface area is 118 Å². The van der Waals surface area contributed by atoms with Gasteiger partial charge in [0.05, 0.1) is 15.2 Å². The van der Waals surface area contributed by atoms with Gasteiger partial charge in [-0.1, -0.05) is 31.4 Å². The largest absolute Gasteiger partial charge is 0.271 e. The summed E-state index contributed by atoms with van der Waals surface area (Å²) in [5, 5.41) is 1.20. The number of fused-ring (bicyclic) bond motifs is 1. The van der Waals surface area contributed by atoms with Crippen molar-refractivity contribution in [2.75, 3.05) is 0 Å². The summed E-state index contributed by atoms with van der Waals surface area (Å²) in [7, 11) is 0. The zero-order chi connectivity index (χ0) is 13.1. The van der Waals surface area contributed by atoms with Crippen molar-refractivity contribution >= 4 is 21.6 Å². The molecule has 0 saturated heterocycles. The number of nitrogens with one attached hydrogen (secondary N) is 1. The molecule has 4 heteroatoms. The zero-order valence-electron chi connectivity index (χ0n) is 11.1. The molecular formula is C15H21N3S. The maximum absolute atomic E-state index is 5.77. The lowest BCUT2D eigenvalue weighted by molar-refractivity contribution is 0.268. The van der Waals surface area contributed by atoms with Crippen LogP contribution < -0.4 is 11.3 Å². The molecule has 102 valence electrons. The summed E-state index contributed by atoms with van der Waals surface area (Å²) >= 11 is 1.80. The second kappa shape index (κ2) is 5.99. The fraction of sp³-hybridized carbons (Fsp3) is 0.533. The van der Waals surface area contributed by atoms with Crippen molar-refractivity contribution in [2.24, 2.45) is 11.8 Å². The monoisotopic (exact) mass is 275 g/mol. The average molecular weight is 275 g/mol. The second-order valence-electron chi connectivity index (χ2n) is 5.45. The summed E-state index contributed by atoms with van der Waals surface area (Å²) in [4.78, 5) is 4.72. The first-order chi connectivity index (χ1) is 9.36. The van der Waals surface area contributed by atoms with Gasteiger partial charge in [0, 0.05) is 12.5 Å². The molecule has 0 aliphatic heterocycles. The number of thiazole rings is 1. The van der Waals surface area contributed by atoms with E-state index in [1.54, 1.807) is 11.3 Å². The molecule has 2 aromatic rings. The first-order valence-electron chi connectivity index (χ1n) is 7.17. The van der Waals surface area contributed by atoms with Crippen molar-refractivity contribution in [1.82, 2.24) is 10.4 Å². The number of nitrogens with zero attached hydrogens (tertiary/aromatic N) is 1. The molecule has 3 nitrogen and oxygen atoms in total. The number of hydrogen-bond donors (Lipinski definition) is 2. The van der Waals surface area contributed by atoms with Gasteiger partial charge in [0.25, 0.3) is 0 Å². The summed E-state index contributed by atoms with van der Waals surface area (Å²) in [5.41, 5.74) is 4.14. The minimum Gasteiger partial charge on any atom is -0.271 e. The SMILES string of the molecule is NNC(Cc1nc2ccccc2s1)C1CCCCC1. The van der Waals surface area contributed by atoms with Crippen LogP contribution in [-0.2, 0) is 6.42 Å². The fourth-order valence-electron chi connectivity index (χ4n) is 3.09. The first-order valence-corrected chi connectivity index (χ1v) is 7.99. The van der Waals surface area contributed by atoms with Crippen LogP contribution in [0.4, 0.5) is 0 Å². The van der Waals surface area contributed by atoms with E-state index in [9.17, 15) is 0 Å². The van der Waals surface area contributed by atoms with Gasteiger partial charge in [0.2, 0.25) is 0 Å². The van der Waals surface area contributed by atoms with Gasteiger partial charge in [0.1, 0.15) is 0 Å². The highest BCUT2D eigenvalue weighted by Gasteiger charge is 2.23. The molecule has 1 aliphatic carbocycles. The molecule has 1 aliphatic rings. The van der Waals surface area contributed by atoms with E-state index in [0.29, 0.717) is 12.0 Å². The molecule has 1 fully saturated rings. The van der Waals surface area contributed by atoms with Gasteiger partial charge in [-0.15, -0.1) is 11.3 Å². The van der Waals surface area contributed by atoms with Crippen molar-refractivity contribution in [3.63, 3.8) is 0 Å². The van der Waals surface area contributed by atoms with Crippen LogP contribution in [0.2, 0.25) is 0 Å². The van der Waals surface area contributed by atoms with Gasteiger partial charge in [-0.3, -0.25) is 11.3 Å². The molecular weight excluding hydrogens is 254 g/mol. The second-order valence-corrected chi connectivity index (χ2v) is 6.57. The van der Waals surface area contributed by atoms with Crippen molar-refractivity contribution in [3.05, 3.63) is 29.3 Å². The lowest BCUT2D eigenvalue weighted by atomic mass is 9.83. The van der Waals surface area contributed by atoms with Crippen molar-refractivity contribution in [1.29, 1.82) is 0 Å². The Morgan fingerprint density at radius 3 is 2.79 bits per heavy atom. The zero-order valence-corrected chi connectivity index (χ0v) is 12.0. The van der Waals surface area contributed by atoms with Gasteiger partial charge in [0.15, 0.2) is 0 Å². The molecule has 3 rings (SSSR count). The molecule has 1 aromatic heterocycles. The minimum atomic E-state index is 0.376. The topological polar surface area (TPSA) is 50.9 Å². The third kappa shape index (κ3) is 2.96. The number of aromatic nitrogens is 1. The predicted molar refractivity (Wildman–Crippen MR) is 81.0 cm³/mol. The molecule has 1 unspecified atom stereocenters. The standard InChI is InChI=1S/C15H21N3S/c16-18-13(11-6-2-1-3-7-11)10-15-17-12-8-4-5-9-14(12)19-15/h4-5,8-9,11,13,18H,1-3,6-7,10,16H2. The number of nitrogens with two attached hydrogens (primary N) is 1. The number of benzene rings is 1. The van der Waals surface area contributed by atoms with E-state index in [0.717, 1.165) is 11.9 Å². The van der Waals surface area contributed by atoms with Crippen LogP contribution in [0.25, 0.3) is 10.2 Å². The van der Waals surface area contributed by atoms with Gasteiger partial charge < -0.3 is 0 Å². The molecule has 0 amide bonds. The Balaban J connectivity index is 1.74. The fourth-order valence-corrected chi connectivity index (χ4v) is 4.12. The van der Waals surface area contributed by atoms with E-state index in [-0.39, 0.29) is 0 Å². The summed E-state index contributed by atoms with van der Waals surface area (Å²) < 4.78 is 1.27. The van der Waals surface area contributed by atoms with Crippen LogP contribution in [0, 0.1) is 5.92 Å². The van der Waals surface area contributed by atoms with Gasteiger partial charge in [-0.25, -0.2) is 4.98 Å². The summed E-state index contributed by atoms with van der Waals surface area (Å²) in [6, 6.07) is 8.72. The molecule has 1 heterocycles. The van der Waals surface area contributed by atoms with Crippen LogP contribution >= 0.6 is 11.3 Å². The summed E-state index contributed by atoms with van der Waals surface area (Å²) in [5.74, 6) is 6.49. The van der Waals surface area contributed by atoms with E-state index in [4.69, 9.17) is 10.8 Å². The van der Waals surface area contributed by atoms with Gasteiger partial charge in [-0.05, 0) is 30.9 Å². The van der Waals surface area contributed by atoms with Crippen LogP contribution in [0.5, 0.6) is 0 Å². The van der Waals surface area contributed by atoms with Crippen LogP contribution in [0.3, 0.4) is 0 Å². The molecule has 0 radical (unpaired) electrons. The van der Waals surface area contributed by atoms with E-state index < -0.39 is 0 Å². The number of rotatable bonds is 4. The number of hydrogen-bond acceptors (Lipinski definition) is 4. The smallest absolute Gasteiger partial charge is 0.0954 e. The molecule has 0 bridgehead atoms. The average Bonchev–Trinajstić information content (AvgIpc) is 2.88. The Kier molecular flexibility index (Phi) is 4.11. The number of para-hydroxylation sites is 1. The highest BCUT2D eigenvalue weighted by Crippen LogP contribution is 2.29. The van der Waals surface area contributed by atoms with Crippen molar-refractivity contribution in [3.8, 4) is 0 Å². The third-order valence-electron chi connectivity index (χ3n) is 4.17. The maximum atomic E-state index is 5.77. The lowest BCUT2D eigenvalue weighted by Gasteiger charge is -2.29. The molecule has 19 heavy (non-hydrogen) atoms. The van der Waals surface area contributed by atoms with Crippen LogP contribution in [-0.4, -0.2) is 11.0 Å². The van der Waals surface area contributed by atoms with E-state index >= 15 is 0 Å². The Morgan fingerprint density at radius 1 is 1.26 bits per heavy atom. The van der Waals surface area contributed by atoms with Crippen LogP contribution in [0.15, 0.2) is 24.3 Å². The molecule has 1 saturated carbocycles. The Morgan fingerprint density at radius 2 is 2.05 bits per heavy atom. The quantitative estimate of drug-likeness (QED) is 0.665. The van der Waals surface area contributed by atoms with Crippen molar-refractivity contribution < 1.29 is 0 Å². The number of hydrazine groups is 1. The van der Waals surface area contributed by atoms with Crippen molar-refractivity contribution in [2.45, 2.75) is 44.6 Å². The third-order valence-corrected chi connectivity index (χ3v) is 5.22. The van der Waals surface area contributed by atoms with Crippen LogP contribution in [0.1, 0.15) is 37.1 Å². The summed E-state index contributed by atoms with van der Waals surface area (Å²) in [6.45, 7) is 0. The highest BCUT2D eigenvalue weighted by molar-refractivity contribution is 7.18. The van der Waals surface area contributed by atoms with Gasteiger partial charge in [-0.2, -0.15) is 0 Å². The lowest BCUT2D eigenvalue weighted by Crippen LogP contribution is -2.43. The molecule has 3 N–H and O–H groups in total. The maximum Gasteiger partial charge on any atom is 0.0954 e.